The minimum atomic E-state index is -1.21. The predicted octanol–water partition coefficient (Wildman–Crippen LogP) is 5.12. The summed E-state index contributed by atoms with van der Waals surface area (Å²) < 4.78 is 13.0. The summed E-state index contributed by atoms with van der Waals surface area (Å²) in [6.07, 6.45) is 5.52. The monoisotopic (exact) mass is 685 g/mol. The molecule has 0 saturated carbocycles. The van der Waals surface area contributed by atoms with Gasteiger partial charge < -0.3 is 29.7 Å². The lowest BCUT2D eigenvalue weighted by molar-refractivity contribution is -0.162. The lowest BCUT2D eigenvalue weighted by atomic mass is 9.70. The van der Waals surface area contributed by atoms with Crippen LogP contribution in [0.15, 0.2) is 73.8 Å². The zero-order valence-corrected chi connectivity index (χ0v) is 29.5. The second kappa shape index (κ2) is 16.2. The number of aryl methyl sites for hydroxylation is 2. The van der Waals surface area contributed by atoms with Gasteiger partial charge in [0.05, 0.1) is 24.0 Å². The summed E-state index contributed by atoms with van der Waals surface area (Å²) in [6.45, 7) is 13.9. The minimum absolute atomic E-state index is 0.0387. The number of aliphatic hydroxyl groups is 1. The van der Waals surface area contributed by atoms with E-state index < -0.39 is 47.7 Å². The Kier molecular flexibility index (Phi) is 12.0. The van der Waals surface area contributed by atoms with Crippen molar-refractivity contribution < 1.29 is 33.8 Å². The van der Waals surface area contributed by atoms with Crippen molar-refractivity contribution in [2.45, 2.75) is 95.6 Å². The number of para-hydroxylation sites is 1. The van der Waals surface area contributed by atoms with Crippen molar-refractivity contribution in [2.75, 3.05) is 24.6 Å². The second-order valence-electron chi connectivity index (χ2n) is 13.8. The first-order chi connectivity index (χ1) is 24.1. The number of ether oxygens (including phenoxy) is 2. The first-order valence-electron chi connectivity index (χ1n) is 17.8. The molecule has 50 heavy (non-hydrogen) atoms. The molecular formula is C40H51N3O7. The van der Waals surface area contributed by atoms with Crippen molar-refractivity contribution in [3.8, 4) is 0 Å². The van der Waals surface area contributed by atoms with E-state index in [0.29, 0.717) is 50.6 Å². The third kappa shape index (κ3) is 7.14. The van der Waals surface area contributed by atoms with Crippen molar-refractivity contribution in [2.24, 2.45) is 11.8 Å². The number of carbonyl (C=O) groups excluding carboxylic acids is 4. The highest BCUT2D eigenvalue weighted by Crippen LogP contribution is 2.59. The van der Waals surface area contributed by atoms with Crippen molar-refractivity contribution in [1.29, 1.82) is 0 Å². The zero-order valence-electron chi connectivity index (χ0n) is 29.5. The number of hydrogen-bond acceptors (Lipinski definition) is 7. The lowest BCUT2D eigenvalue weighted by Gasteiger charge is -2.37. The highest BCUT2D eigenvalue weighted by Gasteiger charge is 2.75. The van der Waals surface area contributed by atoms with E-state index >= 15 is 0 Å². The number of carbonyl (C=O) groups is 4. The van der Waals surface area contributed by atoms with Crippen LogP contribution in [-0.4, -0.2) is 77.2 Å². The number of nitrogens with zero attached hydrogens (tertiary/aromatic N) is 2. The van der Waals surface area contributed by atoms with Gasteiger partial charge in [-0.15, -0.1) is 13.2 Å². The number of anilines is 1. The molecule has 2 aromatic carbocycles. The van der Waals surface area contributed by atoms with Gasteiger partial charge in [0.25, 0.3) is 5.91 Å². The van der Waals surface area contributed by atoms with Gasteiger partial charge >= 0.3 is 5.97 Å². The molecule has 0 radical (unpaired) electrons. The molecule has 3 aliphatic rings. The number of aliphatic hydroxyl groups excluding tert-OH is 1. The summed E-state index contributed by atoms with van der Waals surface area (Å²) in [7, 11) is 0. The van der Waals surface area contributed by atoms with Crippen LogP contribution in [0.4, 0.5) is 5.69 Å². The Labute approximate surface area is 295 Å². The number of rotatable bonds is 17. The third-order valence-corrected chi connectivity index (χ3v) is 10.4. The van der Waals surface area contributed by atoms with E-state index in [1.807, 2.05) is 62.4 Å². The van der Waals surface area contributed by atoms with E-state index in [-0.39, 0.29) is 37.3 Å². The fourth-order valence-electron chi connectivity index (χ4n) is 8.25. The van der Waals surface area contributed by atoms with Gasteiger partial charge in [0, 0.05) is 31.8 Å². The van der Waals surface area contributed by atoms with Crippen LogP contribution >= 0.6 is 0 Å². The Bertz CT molecular complexity index is 1560. The molecule has 3 saturated heterocycles. The molecule has 2 N–H and O–H groups in total. The molecule has 0 aliphatic carbocycles. The van der Waals surface area contributed by atoms with Crippen LogP contribution < -0.4 is 10.2 Å². The van der Waals surface area contributed by atoms with E-state index in [1.54, 1.807) is 28.9 Å². The molecule has 3 heterocycles. The molecule has 0 aromatic heterocycles. The first-order valence-corrected chi connectivity index (χ1v) is 17.8. The molecule has 268 valence electrons. The summed E-state index contributed by atoms with van der Waals surface area (Å²) in [5.41, 5.74) is 2.11. The smallest absolute Gasteiger partial charge is 0.313 e. The number of amides is 3. The standard InChI is InChI=1S/C40H51N3O7/c1-6-8-20-31(45)41-28(5)35(29-18-11-9-12-19-29)49-39(48)32-30-21-22-40(50-30)33(32)37(46)43(24-13-10-14-25-44)36(40)38(47)42(23-7-2)34-26(3)16-15-17-27(34)4/h6-7,9,11-12,15-19,28,30,32-33,35-36,44H,1-2,8,10,13-14,20-25H2,3-5H3,(H,41,45)/t28-,30-,32+,33+,35-,36-,40+/m0/s1. The zero-order chi connectivity index (χ0) is 36.0. The van der Waals surface area contributed by atoms with Crippen molar-refractivity contribution in [3.05, 3.63) is 90.5 Å². The number of esters is 1. The van der Waals surface area contributed by atoms with Gasteiger partial charge in [-0.3, -0.25) is 19.2 Å². The van der Waals surface area contributed by atoms with Crippen LogP contribution in [0.5, 0.6) is 0 Å². The Morgan fingerprint density at radius 1 is 1.08 bits per heavy atom. The number of fused-ring (bicyclic) bond motifs is 1. The Morgan fingerprint density at radius 2 is 1.80 bits per heavy atom. The van der Waals surface area contributed by atoms with Crippen molar-refractivity contribution >= 4 is 29.4 Å². The van der Waals surface area contributed by atoms with Crippen LogP contribution in [0.1, 0.15) is 74.7 Å². The first kappa shape index (κ1) is 37.0. The van der Waals surface area contributed by atoms with Crippen molar-refractivity contribution in [1.82, 2.24) is 10.2 Å². The fraction of sp³-hybridized carbons (Fsp3) is 0.500. The molecule has 3 amide bonds. The highest BCUT2D eigenvalue weighted by atomic mass is 16.6. The quantitative estimate of drug-likeness (QED) is 0.135. The van der Waals surface area contributed by atoms with Crippen molar-refractivity contribution in [3.63, 3.8) is 0 Å². The molecule has 5 rings (SSSR count). The molecule has 10 nitrogen and oxygen atoms in total. The third-order valence-electron chi connectivity index (χ3n) is 10.4. The molecule has 0 unspecified atom stereocenters. The highest BCUT2D eigenvalue weighted by molar-refractivity contribution is 6.05. The molecule has 2 bridgehead atoms. The van der Waals surface area contributed by atoms with E-state index in [0.717, 1.165) is 16.8 Å². The summed E-state index contributed by atoms with van der Waals surface area (Å²) in [5.74, 6) is -3.16. The van der Waals surface area contributed by atoms with Crippen LogP contribution in [0.3, 0.4) is 0 Å². The number of unbranched alkanes of at least 4 members (excludes halogenated alkanes) is 2. The van der Waals surface area contributed by atoms with Gasteiger partial charge in [-0.2, -0.15) is 0 Å². The Morgan fingerprint density at radius 3 is 2.46 bits per heavy atom. The molecule has 7 atom stereocenters. The lowest BCUT2D eigenvalue weighted by Crippen LogP contribution is -2.56. The fourth-order valence-corrected chi connectivity index (χ4v) is 8.25. The average molecular weight is 686 g/mol. The molecule has 2 aromatic rings. The number of nitrogens with one attached hydrogen (secondary N) is 1. The van der Waals surface area contributed by atoms with E-state index in [4.69, 9.17) is 9.47 Å². The SMILES string of the molecule is C=CCCC(=O)N[C@@H](C)[C@H](OC(=O)[C@@H]1[C@@H]2CC[C@]3(O2)[C@H](C(=O)N(CC=C)c2c(C)cccc2C)N(CCCCCO)C(=O)[C@@H]13)c1ccccc1. The summed E-state index contributed by atoms with van der Waals surface area (Å²) in [4.78, 5) is 59.8. The summed E-state index contributed by atoms with van der Waals surface area (Å²) in [6, 6.07) is 13.6. The van der Waals surface area contributed by atoms with Crippen LogP contribution in [0.2, 0.25) is 0 Å². The Hall–Kier alpha value is -4.28. The number of hydrogen-bond donors (Lipinski definition) is 2. The summed E-state index contributed by atoms with van der Waals surface area (Å²) >= 11 is 0. The maximum atomic E-state index is 14.9. The Balaban J connectivity index is 1.49. The number of allylic oxidation sites excluding steroid dienone is 1. The van der Waals surface area contributed by atoms with E-state index in [1.165, 1.54) is 0 Å². The largest absolute Gasteiger partial charge is 0.455 e. The molecule has 3 fully saturated rings. The predicted molar refractivity (Wildman–Crippen MR) is 191 cm³/mol. The molecular weight excluding hydrogens is 634 g/mol. The van der Waals surface area contributed by atoms with Gasteiger partial charge in [0.2, 0.25) is 11.8 Å². The van der Waals surface area contributed by atoms with Gasteiger partial charge in [-0.05, 0) is 76.0 Å². The normalized spacial score (nSPS) is 24.7. The van der Waals surface area contributed by atoms with Crippen LogP contribution in [0.25, 0.3) is 0 Å². The molecule has 3 aliphatic heterocycles. The molecule has 10 heteroatoms. The maximum absolute atomic E-state index is 14.9. The minimum Gasteiger partial charge on any atom is -0.455 e. The van der Waals surface area contributed by atoms with E-state index in [9.17, 15) is 24.3 Å². The second-order valence-corrected chi connectivity index (χ2v) is 13.8. The van der Waals surface area contributed by atoms with E-state index in [2.05, 4.69) is 18.5 Å². The van der Waals surface area contributed by atoms with Crippen LogP contribution in [-0.2, 0) is 28.7 Å². The average Bonchev–Trinajstić information content (AvgIpc) is 3.75. The topological polar surface area (TPSA) is 125 Å². The van der Waals surface area contributed by atoms with Gasteiger partial charge in [0.1, 0.15) is 17.7 Å². The maximum Gasteiger partial charge on any atom is 0.313 e. The number of likely N-dealkylation sites (tertiary alicyclic amines) is 1. The van der Waals surface area contributed by atoms with Gasteiger partial charge in [-0.25, -0.2) is 0 Å². The molecule has 1 spiro atoms. The summed E-state index contributed by atoms with van der Waals surface area (Å²) in [5, 5.41) is 12.4. The van der Waals surface area contributed by atoms with Gasteiger partial charge in [0.15, 0.2) is 0 Å². The van der Waals surface area contributed by atoms with Crippen LogP contribution in [0, 0.1) is 25.7 Å². The number of benzene rings is 2. The van der Waals surface area contributed by atoms with Gasteiger partial charge in [-0.1, -0.05) is 60.7 Å².